The molecule has 19 heteroatoms. The zero-order valence-corrected chi connectivity index (χ0v) is 29.7. The summed E-state index contributed by atoms with van der Waals surface area (Å²) in [5, 5.41) is 1.15. The van der Waals surface area contributed by atoms with Crippen molar-refractivity contribution in [3.8, 4) is 11.3 Å². The van der Waals surface area contributed by atoms with E-state index in [1.807, 2.05) is 0 Å². The molecule has 4 rings (SSSR count). The lowest BCUT2D eigenvalue weighted by Crippen LogP contribution is -2.36. The van der Waals surface area contributed by atoms with E-state index in [0.717, 1.165) is 13.7 Å². The van der Waals surface area contributed by atoms with E-state index in [2.05, 4.69) is 4.99 Å². The Morgan fingerprint density at radius 2 is 1.57 bits per heavy atom. The second-order valence-corrected chi connectivity index (χ2v) is 15.3. The summed E-state index contributed by atoms with van der Waals surface area (Å²) in [5.74, 6) is -4.72. The number of carbonyl (C=O) groups is 1. The second kappa shape index (κ2) is 13.2. The Bertz CT molecular complexity index is 2160. The molecular formula is C30H34F5N4O8PS. The zero-order valence-electron chi connectivity index (χ0n) is 27.9. The molecular weight excluding hydrogens is 702 g/mol. The number of benzene rings is 1. The number of aryl methyl sites for hydroxylation is 2. The van der Waals surface area contributed by atoms with Gasteiger partial charge in [-0.05, 0) is 60.6 Å². The molecule has 1 amide bonds. The van der Waals surface area contributed by atoms with Gasteiger partial charge in [0, 0.05) is 30.6 Å². The number of hydrogen-bond donors (Lipinski definition) is 0. The summed E-state index contributed by atoms with van der Waals surface area (Å²) in [5.41, 5.74) is -6.21. The van der Waals surface area contributed by atoms with Crippen LogP contribution in [-0.4, -0.2) is 30.8 Å². The highest BCUT2D eigenvalue weighted by atomic mass is 32.1. The van der Waals surface area contributed by atoms with E-state index >= 15 is 4.39 Å². The van der Waals surface area contributed by atoms with Crippen LogP contribution in [0.1, 0.15) is 58.4 Å². The molecule has 49 heavy (non-hydrogen) atoms. The third-order valence-corrected chi connectivity index (χ3v) is 9.55. The lowest BCUT2D eigenvalue weighted by molar-refractivity contribution is -0.140. The van der Waals surface area contributed by atoms with Crippen LogP contribution in [0.4, 0.5) is 22.0 Å². The Labute approximate surface area is 280 Å². The number of nitrogens with zero attached hydrogens (tertiary/aromatic N) is 4. The van der Waals surface area contributed by atoms with Gasteiger partial charge in [-0.2, -0.15) is 18.2 Å². The number of hydrogen-bond acceptors (Lipinski definition) is 9. The highest BCUT2D eigenvalue weighted by Crippen LogP contribution is 2.55. The van der Waals surface area contributed by atoms with Crippen LogP contribution in [0.3, 0.4) is 0 Å². The van der Waals surface area contributed by atoms with Gasteiger partial charge in [0.05, 0.1) is 28.9 Å². The molecule has 0 saturated heterocycles. The van der Waals surface area contributed by atoms with Crippen molar-refractivity contribution >= 4 is 36.2 Å². The minimum Gasteiger partial charge on any atom is -0.444 e. The largest absolute Gasteiger partial charge is 0.477 e. The predicted octanol–water partition coefficient (Wildman–Crippen LogP) is 6.35. The molecule has 268 valence electrons. The van der Waals surface area contributed by atoms with Crippen LogP contribution >= 0.6 is 19.2 Å². The van der Waals surface area contributed by atoms with Crippen molar-refractivity contribution in [1.82, 2.24) is 13.7 Å². The van der Waals surface area contributed by atoms with Crippen LogP contribution in [0.5, 0.6) is 0 Å². The average molecular weight is 737 g/mol. The van der Waals surface area contributed by atoms with Crippen molar-refractivity contribution < 1.29 is 49.3 Å². The van der Waals surface area contributed by atoms with Gasteiger partial charge < -0.3 is 4.42 Å². The number of alkyl halides is 3. The van der Waals surface area contributed by atoms with Crippen molar-refractivity contribution in [3.63, 3.8) is 0 Å². The molecule has 0 N–H and O–H groups in total. The third-order valence-electron chi connectivity index (χ3n) is 6.71. The van der Waals surface area contributed by atoms with Crippen LogP contribution in [0.15, 0.2) is 36.5 Å². The molecule has 0 radical (unpaired) electrons. The summed E-state index contributed by atoms with van der Waals surface area (Å²) >= 11 is 0.709. The molecule has 4 aromatic rings. The Balaban J connectivity index is 1.87. The molecule has 0 aliphatic heterocycles. The fourth-order valence-corrected chi connectivity index (χ4v) is 7.34. The topological polar surface area (TPSA) is 136 Å². The van der Waals surface area contributed by atoms with Crippen molar-refractivity contribution in [2.45, 2.75) is 79.0 Å². The van der Waals surface area contributed by atoms with Gasteiger partial charge in [0.1, 0.15) is 17.9 Å². The summed E-state index contributed by atoms with van der Waals surface area (Å²) in [6.45, 7) is 10.1. The molecule has 0 saturated carbocycles. The Hall–Kier alpha value is -3.70. The highest BCUT2D eigenvalue weighted by Gasteiger charge is 2.39. The van der Waals surface area contributed by atoms with Gasteiger partial charge in [-0.3, -0.25) is 36.9 Å². The first-order chi connectivity index (χ1) is 22.3. The summed E-state index contributed by atoms with van der Waals surface area (Å²) in [6.07, 6.45) is -5.70. The Morgan fingerprint density at radius 1 is 0.980 bits per heavy atom. The molecule has 3 heterocycles. The number of thiazole rings is 1. The molecule has 0 spiro atoms. The summed E-state index contributed by atoms with van der Waals surface area (Å²) in [6, 6.07) is 1.05. The normalized spacial score (nSPS) is 13.6. The molecule has 0 fully saturated rings. The standard InChI is InChI=1S/C30H34F5N4O8PS/c1-15-17(21-24(41)37(8)27(42)38(9)25(21)45-15)12-20(40)36-26-39(14-44-48(43,46-28(2,3)4)47-29(5,6)7)19(13-49-26)16-10-11-18(30(33,34)35)23(32)22(16)31/h10-11,13H,12,14H2,1-9H3. The number of amides is 1. The number of phosphoric acid groups is 1. The van der Waals surface area contributed by atoms with Gasteiger partial charge in [0.2, 0.25) is 5.71 Å². The smallest absolute Gasteiger partial charge is 0.444 e. The number of fused-ring (bicyclic) bond motifs is 1. The first kappa shape index (κ1) is 38.1. The van der Waals surface area contributed by atoms with Gasteiger partial charge in [-0.25, -0.2) is 18.1 Å². The van der Waals surface area contributed by atoms with Gasteiger partial charge in [0.25, 0.3) is 11.5 Å². The SMILES string of the molecule is Cc1oc2c(c1CC(=O)N=c1scc(-c3ccc(C(F)(F)F)c(F)c3F)n1COP(=O)(OC(C)(C)C)OC(C)(C)C)c(=O)n(C)c(=O)n2C. The Morgan fingerprint density at radius 3 is 2.12 bits per heavy atom. The number of phosphoric ester groups is 1. The minimum absolute atomic E-state index is 0.0318. The van der Waals surface area contributed by atoms with Crippen LogP contribution in [0.25, 0.3) is 22.4 Å². The van der Waals surface area contributed by atoms with E-state index in [4.69, 9.17) is 18.0 Å². The van der Waals surface area contributed by atoms with Crippen molar-refractivity contribution in [2.75, 3.05) is 0 Å². The van der Waals surface area contributed by atoms with Crippen molar-refractivity contribution in [3.05, 3.63) is 71.7 Å². The molecule has 0 aliphatic carbocycles. The minimum atomic E-state index is -5.19. The maximum atomic E-state index is 15.2. The number of furan rings is 1. The van der Waals surface area contributed by atoms with E-state index in [1.54, 1.807) is 41.5 Å². The average Bonchev–Trinajstić information content (AvgIpc) is 3.48. The molecule has 0 atom stereocenters. The fraction of sp³-hybridized carbons (Fsp3) is 0.467. The quantitative estimate of drug-likeness (QED) is 0.151. The second-order valence-electron chi connectivity index (χ2n) is 12.9. The lowest BCUT2D eigenvalue weighted by atomic mass is 10.1. The van der Waals surface area contributed by atoms with E-state index in [-0.39, 0.29) is 32.9 Å². The molecule has 1 aromatic carbocycles. The fourth-order valence-electron chi connectivity index (χ4n) is 4.69. The number of rotatable bonds is 8. The lowest BCUT2D eigenvalue weighted by Gasteiger charge is -2.31. The summed E-state index contributed by atoms with van der Waals surface area (Å²) in [7, 11) is -1.82. The van der Waals surface area contributed by atoms with E-state index in [0.29, 0.717) is 23.5 Å². The molecule has 0 unspecified atom stereocenters. The predicted molar refractivity (Wildman–Crippen MR) is 169 cm³/mol. The molecule has 3 aromatic heterocycles. The van der Waals surface area contributed by atoms with Crippen molar-refractivity contribution in [2.24, 2.45) is 19.1 Å². The molecule has 0 bridgehead atoms. The first-order valence-corrected chi connectivity index (χ1v) is 16.8. The van der Waals surface area contributed by atoms with Crippen LogP contribution < -0.4 is 16.1 Å². The van der Waals surface area contributed by atoms with Gasteiger partial charge in [0.15, 0.2) is 16.4 Å². The maximum Gasteiger partial charge on any atom is 0.477 e. The summed E-state index contributed by atoms with van der Waals surface area (Å²) in [4.78, 5) is 42.5. The first-order valence-electron chi connectivity index (χ1n) is 14.5. The van der Waals surface area contributed by atoms with Crippen LogP contribution in [-0.2, 0) is 56.4 Å². The van der Waals surface area contributed by atoms with Crippen molar-refractivity contribution in [1.29, 1.82) is 0 Å². The van der Waals surface area contributed by atoms with Gasteiger partial charge in [-0.15, -0.1) is 11.3 Å². The zero-order chi connectivity index (χ0) is 37.0. The van der Waals surface area contributed by atoms with Gasteiger partial charge in [-0.1, -0.05) is 0 Å². The highest BCUT2D eigenvalue weighted by molar-refractivity contribution is 7.48. The van der Waals surface area contributed by atoms with E-state index in [1.165, 1.54) is 26.4 Å². The monoisotopic (exact) mass is 736 g/mol. The number of aromatic nitrogens is 3. The Kier molecular flexibility index (Phi) is 10.3. The van der Waals surface area contributed by atoms with Crippen LogP contribution in [0.2, 0.25) is 0 Å². The molecule has 0 aliphatic rings. The third kappa shape index (κ3) is 8.20. The number of carbonyl (C=O) groups excluding carboxylic acids is 1. The maximum absolute atomic E-state index is 15.2. The van der Waals surface area contributed by atoms with Gasteiger partial charge >= 0.3 is 19.7 Å². The van der Waals surface area contributed by atoms with E-state index < -0.39 is 78.3 Å². The molecule has 12 nitrogen and oxygen atoms in total. The number of halogens is 5. The summed E-state index contributed by atoms with van der Waals surface area (Å²) < 4.78 is 109. The van der Waals surface area contributed by atoms with E-state index in [9.17, 15) is 36.5 Å². The van der Waals surface area contributed by atoms with Crippen LogP contribution in [0, 0.1) is 18.6 Å².